The van der Waals surface area contributed by atoms with Crippen molar-refractivity contribution in [2.75, 3.05) is 0 Å². The standard InChI is InChI=1S/C21H15N3O5S/c1-14-19(30-17-11-9-16(10-12-17)24(26)27)20(29-21(25)18-8-5-13-28-18)23(22-14)15-6-3-2-4-7-15/h2-13H,1H3. The maximum atomic E-state index is 12.6. The van der Waals surface area contributed by atoms with E-state index < -0.39 is 10.9 Å². The van der Waals surface area contributed by atoms with Crippen LogP contribution in [0.1, 0.15) is 16.2 Å². The van der Waals surface area contributed by atoms with Crippen molar-refractivity contribution in [3.8, 4) is 11.6 Å². The SMILES string of the molecule is Cc1nn(-c2ccccc2)c(OC(=O)c2ccco2)c1Sc1ccc([N+](=O)[O-])cc1. The smallest absolute Gasteiger partial charge is 0.380 e. The van der Waals surface area contributed by atoms with Gasteiger partial charge in [-0.2, -0.15) is 9.78 Å². The van der Waals surface area contributed by atoms with Gasteiger partial charge in [0.25, 0.3) is 5.69 Å². The molecule has 0 bridgehead atoms. The zero-order valence-corrected chi connectivity index (χ0v) is 16.5. The van der Waals surface area contributed by atoms with E-state index in [1.165, 1.54) is 36.2 Å². The van der Waals surface area contributed by atoms with Crippen molar-refractivity contribution in [2.24, 2.45) is 0 Å². The number of para-hydroxylation sites is 1. The first-order chi connectivity index (χ1) is 14.5. The van der Waals surface area contributed by atoms with E-state index in [-0.39, 0.29) is 17.3 Å². The summed E-state index contributed by atoms with van der Waals surface area (Å²) in [5.41, 5.74) is 1.36. The first kappa shape index (κ1) is 19.5. The Balaban J connectivity index is 1.74. The Morgan fingerprint density at radius 1 is 1.10 bits per heavy atom. The topological polar surface area (TPSA) is 100 Å². The fourth-order valence-corrected chi connectivity index (χ4v) is 3.64. The average Bonchev–Trinajstić information content (AvgIpc) is 3.39. The highest BCUT2D eigenvalue weighted by Gasteiger charge is 2.24. The fourth-order valence-electron chi connectivity index (χ4n) is 2.73. The average molecular weight is 421 g/mol. The third-order valence-corrected chi connectivity index (χ3v) is 5.33. The summed E-state index contributed by atoms with van der Waals surface area (Å²) in [7, 11) is 0. The van der Waals surface area contributed by atoms with Gasteiger partial charge in [-0.15, -0.1) is 0 Å². The van der Waals surface area contributed by atoms with E-state index in [9.17, 15) is 14.9 Å². The van der Waals surface area contributed by atoms with E-state index in [1.54, 1.807) is 29.8 Å². The summed E-state index contributed by atoms with van der Waals surface area (Å²) in [5, 5.41) is 15.4. The lowest BCUT2D eigenvalue weighted by Crippen LogP contribution is -2.11. The van der Waals surface area contributed by atoms with E-state index in [4.69, 9.17) is 9.15 Å². The maximum Gasteiger partial charge on any atom is 0.380 e. The van der Waals surface area contributed by atoms with E-state index in [0.29, 0.717) is 10.6 Å². The third-order valence-electron chi connectivity index (χ3n) is 4.15. The zero-order valence-electron chi connectivity index (χ0n) is 15.7. The Morgan fingerprint density at radius 3 is 2.47 bits per heavy atom. The highest BCUT2D eigenvalue weighted by Crippen LogP contribution is 2.39. The number of hydrogen-bond donors (Lipinski definition) is 0. The van der Waals surface area contributed by atoms with Gasteiger partial charge < -0.3 is 9.15 Å². The van der Waals surface area contributed by atoms with Crippen molar-refractivity contribution in [1.82, 2.24) is 9.78 Å². The van der Waals surface area contributed by atoms with Crippen LogP contribution in [0.25, 0.3) is 5.69 Å². The summed E-state index contributed by atoms with van der Waals surface area (Å²) < 4.78 is 12.4. The van der Waals surface area contributed by atoms with Crippen molar-refractivity contribution >= 4 is 23.4 Å². The first-order valence-corrected chi connectivity index (χ1v) is 9.67. The molecule has 2 aromatic carbocycles. The molecule has 0 aliphatic rings. The maximum absolute atomic E-state index is 12.6. The van der Waals surface area contributed by atoms with Gasteiger partial charge in [0.2, 0.25) is 11.6 Å². The van der Waals surface area contributed by atoms with Crippen molar-refractivity contribution in [1.29, 1.82) is 0 Å². The quantitative estimate of drug-likeness (QED) is 0.244. The molecular formula is C21H15N3O5S. The number of nitrogens with zero attached hydrogens (tertiary/aromatic N) is 3. The van der Waals surface area contributed by atoms with Crippen LogP contribution < -0.4 is 4.74 Å². The Bertz CT molecular complexity index is 1190. The molecule has 0 saturated heterocycles. The van der Waals surface area contributed by atoms with Gasteiger partial charge in [-0.25, -0.2) is 4.79 Å². The normalized spacial score (nSPS) is 10.7. The number of esters is 1. The number of ether oxygens (including phenoxy) is 1. The van der Waals surface area contributed by atoms with Crippen LogP contribution in [-0.2, 0) is 0 Å². The number of aryl methyl sites for hydroxylation is 1. The molecule has 0 radical (unpaired) electrons. The minimum atomic E-state index is -0.650. The molecule has 0 spiro atoms. The highest BCUT2D eigenvalue weighted by molar-refractivity contribution is 7.99. The van der Waals surface area contributed by atoms with Crippen LogP contribution in [0.15, 0.2) is 87.2 Å². The first-order valence-electron chi connectivity index (χ1n) is 8.86. The Morgan fingerprint density at radius 2 is 1.83 bits per heavy atom. The molecule has 0 N–H and O–H groups in total. The summed E-state index contributed by atoms with van der Waals surface area (Å²) in [5.74, 6) is -0.342. The summed E-state index contributed by atoms with van der Waals surface area (Å²) in [6.45, 7) is 1.80. The molecule has 30 heavy (non-hydrogen) atoms. The van der Waals surface area contributed by atoms with Crippen LogP contribution in [-0.4, -0.2) is 20.7 Å². The van der Waals surface area contributed by atoms with Gasteiger partial charge in [0.15, 0.2) is 0 Å². The van der Waals surface area contributed by atoms with E-state index in [1.807, 2.05) is 30.3 Å². The van der Waals surface area contributed by atoms with Gasteiger partial charge in [-0.05, 0) is 43.3 Å². The number of benzene rings is 2. The predicted octanol–water partition coefficient (Wildman–Crippen LogP) is 5.05. The molecule has 0 amide bonds. The molecule has 0 unspecified atom stereocenters. The van der Waals surface area contributed by atoms with Crippen LogP contribution >= 0.6 is 11.8 Å². The third kappa shape index (κ3) is 3.96. The number of rotatable bonds is 6. The lowest BCUT2D eigenvalue weighted by molar-refractivity contribution is -0.384. The van der Waals surface area contributed by atoms with Gasteiger partial charge >= 0.3 is 5.97 Å². The Kier molecular flexibility index (Phi) is 5.36. The number of hydrogen-bond acceptors (Lipinski definition) is 7. The molecule has 0 saturated carbocycles. The van der Waals surface area contributed by atoms with Crippen LogP contribution in [0.4, 0.5) is 5.69 Å². The molecule has 8 nitrogen and oxygen atoms in total. The number of nitro benzene ring substituents is 1. The molecule has 0 aliphatic carbocycles. The Labute approximate surface area is 175 Å². The largest absolute Gasteiger partial charge is 0.457 e. The summed E-state index contributed by atoms with van der Waals surface area (Å²) in [6.07, 6.45) is 1.39. The van der Waals surface area contributed by atoms with Crippen molar-refractivity contribution in [2.45, 2.75) is 16.7 Å². The van der Waals surface area contributed by atoms with Crippen molar-refractivity contribution in [3.05, 3.63) is 94.6 Å². The summed E-state index contributed by atoms with van der Waals surface area (Å²) >= 11 is 1.30. The van der Waals surface area contributed by atoms with E-state index in [2.05, 4.69) is 5.10 Å². The molecule has 0 atom stereocenters. The van der Waals surface area contributed by atoms with E-state index in [0.717, 1.165) is 10.6 Å². The minimum absolute atomic E-state index is 0.000484. The fraction of sp³-hybridized carbons (Fsp3) is 0.0476. The van der Waals surface area contributed by atoms with Gasteiger partial charge in [0.05, 0.1) is 27.5 Å². The zero-order chi connectivity index (χ0) is 21.1. The van der Waals surface area contributed by atoms with Crippen molar-refractivity contribution in [3.63, 3.8) is 0 Å². The van der Waals surface area contributed by atoms with Gasteiger partial charge in [-0.1, -0.05) is 30.0 Å². The lowest BCUT2D eigenvalue weighted by Gasteiger charge is -2.09. The highest BCUT2D eigenvalue weighted by atomic mass is 32.2. The predicted molar refractivity (Wildman–Crippen MR) is 109 cm³/mol. The summed E-state index contributed by atoms with van der Waals surface area (Å²) in [4.78, 5) is 24.3. The molecule has 2 heterocycles. The summed E-state index contributed by atoms with van der Waals surface area (Å²) in [6, 6.07) is 18.5. The molecule has 4 rings (SSSR count). The number of furan rings is 1. The molecule has 4 aromatic rings. The number of aromatic nitrogens is 2. The molecule has 0 fully saturated rings. The van der Waals surface area contributed by atoms with Gasteiger partial charge in [-0.3, -0.25) is 10.1 Å². The molecule has 2 aromatic heterocycles. The molecule has 150 valence electrons. The second-order valence-corrected chi connectivity index (χ2v) is 7.27. The molecule has 0 aliphatic heterocycles. The van der Waals surface area contributed by atoms with Crippen LogP contribution in [0.3, 0.4) is 0 Å². The molecular weight excluding hydrogens is 406 g/mol. The number of carbonyl (C=O) groups is 1. The number of non-ortho nitro benzene ring substituents is 1. The minimum Gasteiger partial charge on any atom is -0.457 e. The Hall–Kier alpha value is -3.85. The molecule has 9 heteroatoms. The lowest BCUT2D eigenvalue weighted by atomic mass is 10.3. The second kappa shape index (κ2) is 8.26. The van der Waals surface area contributed by atoms with Gasteiger partial charge in [0, 0.05) is 17.0 Å². The number of nitro groups is 1. The van der Waals surface area contributed by atoms with Crippen LogP contribution in [0, 0.1) is 17.0 Å². The van der Waals surface area contributed by atoms with Gasteiger partial charge in [0.1, 0.15) is 0 Å². The van der Waals surface area contributed by atoms with E-state index >= 15 is 0 Å². The monoisotopic (exact) mass is 421 g/mol. The van der Waals surface area contributed by atoms with Crippen LogP contribution in [0.2, 0.25) is 0 Å². The second-order valence-electron chi connectivity index (χ2n) is 6.19. The van der Waals surface area contributed by atoms with Crippen molar-refractivity contribution < 1.29 is 18.9 Å². The van der Waals surface area contributed by atoms with Crippen LogP contribution in [0.5, 0.6) is 5.88 Å². The number of carbonyl (C=O) groups excluding carboxylic acids is 1.